The van der Waals surface area contributed by atoms with Crippen molar-refractivity contribution in [1.29, 1.82) is 0 Å². The maximum atomic E-state index is 13.2. The van der Waals surface area contributed by atoms with Gasteiger partial charge in [-0.15, -0.1) is 0 Å². The summed E-state index contributed by atoms with van der Waals surface area (Å²) in [5, 5.41) is 0.967. The molecule has 0 bridgehead atoms. The number of para-hydroxylation sites is 1. The van der Waals surface area contributed by atoms with Crippen LogP contribution in [0.1, 0.15) is 41.3 Å². The van der Waals surface area contributed by atoms with Crippen molar-refractivity contribution >= 4 is 16.8 Å². The van der Waals surface area contributed by atoms with Gasteiger partial charge in [0.05, 0.1) is 19.2 Å². The number of methoxy groups -OCH3 is 1. The maximum absolute atomic E-state index is 13.2. The molecule has 0 spiro atoms. The van der Waals surface area contributed by atoms with E-state index in [1.807, 2.05) is 43.3 Å². The number of aryl methyl sites for hydroxylation is 1. The number of hydrogen-bond donors (Lipinski definition) is 1. The summed E-state index contributed by atoms with van der Waals surface area (Å²) in [6.45, 7) is 4.94. The first-order valence-electron chi connectivity index (χ1n) is 9.58. The molecule has 1 aromatic heterocycles. The van der Waals surface area contributed by atoms with E-state index in [4.69, 9.17) is 4.74 Å². The molecule has 3 aromatic rings. The molecule has 0 unspecified atom stereocenters. The Balaban J connectivity index is 1.96. The third-order valence-electron chi connectivity index (χ3n) is 4.84. The summed E-state index contributed by atoms with van der Waals surface area (Å²) in [5.74, 6) is 0.409. The molecule has 1 amide bonds. The molecule has 0 fully saturated rings. The van der Waals surface area contributed by atoms with Gasteiger partial charge in [0.15, 0.2) is 0 Å². The molecule has 3 rings (SSSR count). The van der Waals surface area contributed by atoms with Crippen LogP contribution in [0.2, 0.25) is 0 Å². The number of nitrogens with one attached hydrogen (secondary N) is 1. The van der Waals surface area contributed by atoms with E-state index >= 15 is 0 Å². The minimum Gasteiger partial charge on any atom is -0.496 e. The fraction of sp³-hybridized carbons (Fsp3) is 0.304. The maximum Gasteiger partial charge on any atom is 0.257 e. The van der Waals surface area contributed by atoms with Gasteiger partial charge in [-0.3, -0.25) is 9.59 Å². The number of pyridine rings is 1. The lowest BCUT2D eigenvalue weighted by Crippen LogP contribution is -2.34. The first kappa shape index (κ1) is 19.7. The standard InChI is InChI=1S/C23H26N2O3/c1-4-5-12-25(23(27)19-8-6-7-9-21(19)28-3)15-18-14-17-13-16(2)10-11-20(17)24-22(18)26/h6-11,13-14H,4-5,12,15H2,1-3H3,(H,24,26). The van der Waals surface area contributed by atoms with Crippen molar-refractivity contribution in [3.8, 4) is 5.75 Å². The highest BCUT2D eigenvalue weighted by atomic mass is 16.5. The lowest BCUT2D eigenvalue weighted by molar-refractivity contribution is 0.0737. The van der Waals surface area contributed by atoms with Crippen molar-refractivity contribution in [3.63, 3.8) is 0 Å². The zero-order chi connectivity index (χ0) is 20.1. The summed E-state index contributed by atoms with van der Waals surface area (Å²) in [6, 6.07) is 15.0. The van der Waals surface area contributed by atoms with Gasteiger partial charge in [-0.25, -0.2) is 0 Å². The first-order valence-corrected chi connectivity index (χ1v) is 9.58. The summed E-state index contributed by atoms with van der Waals surface area (Å²) < 4.78 is 5.35. The molecule has 0 saturated heterocycles. The predicted molar refractivity (Wildman–Crippen MR) is 112 cm³/mol. The van der Waals surface area contributed by atoms with Gasteiger partial charge < -0.3 is 14.6 Å². The summed E-state index contributed by atoms with van der Waals surface area (Å²) in [7, 11) is 1.55. The third kappa shape index (κ3) is 4.25. The van der Waals surface area contributed by atoms with Gasteiger partial charge in [0.2, 0.25) is 0 Å². The minimum atomic E-state index is -0.161. The summed E-state index contributed by atoms with van der Waals surface area (Å²) >= 11 is 0. The SMILES string of the molecule is CCCCN(Cc1cc2cc(C)ccc2[nH]c1=O)C(=O)c1ccccc1OC. The first-order chi connectivity index (χ1) is 13.5. The second-order valence-corrected chi connectivity index (χ2v) is 6.99. The molecule has 5 nitrogen and oxygen atoms in total. The van der Waals surface area contributed by atoms with Crippen LogP contribution in [-0.2, 0) is 6.54 Å². The second kappa shape index (κ2) is 8.74. The Morgan fingerprint density at radius 1 is 1.14 bits per heavy atom. The summed E-state index contributed by atoms with van der Waals surface area (Å²) in [4.78, 5) is 30.4. The number of nitrogens with zero attached hydrogens (tertiary/aromatic N) is 1. The van der Waals surface area contributed by atoms with E-state index in [0.717, 1.165) is 29.3 Å². The minimum absolute atomic E-state index is 0.130. The molecule has 0 aliphatic rings. The topological polar surface area (TPSA) is 62.4 Å². The van der Waals surface area contributed by atoms with Crippen molar-refractivity contribution in [3.05, 3.63) is 75.6 Å². The molecule has 5 heteroatoms. The Labute approximate surface area is 165 Å². The molecule has 0 atom stereocenters. The normalized spacial score (nSPS) is 10.8. The number of aromatic nitrogens is 1. The highest BCUT2D eigenvalue weighted by molar-refractivity contribution is 5.97. The number of rotatable bonds is 7. The van der Waals surface area contributed by atoms with Gasteiger partial charge in [0.1, 0.15) is 5.75 Å². The fourth-order valence-electron chi connectivity index (χ4n) is 3.29. The Kier molecular flexibility index (Phi) is 6.14. The zero-order valence-electron chi connectivity index (χ0n) is 16.6. The average molecular weight is 378 g/mol. The number of aromatic amines is 1. The second-order valence-electron chi connectivity index (χ2n) is 6.99. The predicted octanol–water partition coefficient (Wildman–Crippen LogP) is 4.29. The number of hydrogen-bond acceptors (Lipinski definition) is 3. The van der Waals surface area contributed by atoms with Crippen molar-refractivity contribution in [1.82, 2.24) is 9.88 Å². The largest absolute Gasteiger partial charge is 0.496 e. The van der Waals surface area contributed by atoms with E-state index in [9.17, 15) is 9.59 Å². The third-order valence-corrected chi connectivity index (χ3v) is 4.84. The number of amides is 1. The molecule has 0 aliphatic carbocycles. The highest BCUT2D eigenvalue weighted by Gasteiger charge is 2.20. The van der Waals surface area contributed by atoms with E-state index in [2.05, 4.69) is 11.9 Å². The van der Waals surface area contributed by atoms with Crippen LogP contribution in [0.4, 0.5) is 0 Å². The van der Waals surface area contributed by atoms with Crippen LogP contribution >= 0.6 is 0 Å². The Bertz CT molecular complexity index is 1040. The van der Waals surface area contributed by atoms with Gasteiger partial charge in [-0.05, 0) is 49.1 Å². The van der Waals surface area contributed by atoms with Crippen molar-refractivity contribution < 1.29 is 9.53 Å². The number of H-pyrrole nitrogens is 1. The molecule has 0 radical (unpaired) electrons. The van der Waals surface area contributed by atoms with Crippen LogP contribution in [0.15, 0.2) is 53.3 Å². The molecule has 28 heavy (non-hydrogen) atoms. The zero-order valence-corrected chi connectivity index (χ0v) is 16.6. The van der Waals surface area contributed by atoms with Crippen molar-refractivity contribution in [2.24, 2.45) is 0 Å². The van der Waals surface area contributed by atoms with Gasteiger partial charge in [-0.1, -0.05) is 37.1 Å². The molecular weight excluding hydrogens is 352 g/mol. The smallest absolute Gasteiger partial charge is 0.257 e. The van der Waals surface area contributed by atoms with Gasteiger partial charge in [0, 0.05) is 17.6 Å². The van der Waals surface area contributed by atoms with Crippen LogP contribution in [-0.4, -0.2) is 29.4 Å². The monoisotopic (exact) mass is 378 g/mol. The number of fused-ring (bicyclic) bond motifs is 1. The summed E-state index contributed by atoms with van der Waals surface area (Å²) in [6.07, 6.45) is 1.83. The lowest BCUT2D eigenvalue weighted by Gasteiger charge is -2.23. The number of carbonyl (C=O) groups excluding carboxylic acids is 1. The van der Waals surface area contributed by atoms with E-state index in [1.54, 1.807) is 24.1 Å². The molecule has 1 N–H and O–H groups in total. The van der Waals surface area contributed by atoms with Crippen LogP contribution in [0.25, 0.3) is 10.9 Å². The lowest BCUT2D eigenvalue weighted by atomic mass is 10.1. The van der Waals surface area contributed by atoms with Gasteiger partial charge in [-0.2, -0.15) is 0 Å². The molecule has 1 heterocycles. The molecule has 146 valence electrons. The van der Waals surface area contributed by atoms with Crippen LogP contribution in [0.3, 0.4) is 0 Å². The molecular formula is C23H26N2O3. The van der Waals surface area contributed by atoms with Crippen molar-refractivity contribution in [2.75, 3.05) is 13.7 Å². The summed E-state index contributed by atoms with van der Waals surface area (Å²) in [5.41, 5.74) is 2.85. The number of unbranched alkanes of at least 4 members (excludes halogenated alkanes) is 1. The fourth-order valence-corrected chi connectivity index (χ4v) is 3.29. The molecule has 0 saturated carbocycles. The van der Waals surface area contributed by atoms with E-state index in [0.29, 0.717) is 23.4 Å². The highest BCUT2D eigenvalue weighted by Crippen LogP contribution is 2.21. The van der Waals surface area contributed by atoms with Crippen LogP contribution in [0.5, 0.6) is 5.75 Å². The number of benzene rings is 2. The van der Waals surface area contributed by atoms with E-state index in [-0.39, 0.29) is 18.0 Å². The Morgan fingerprint density at radius 2 is 1.93 bits per heavy atom. The molecule has 2 aromatic carbocycles. The van der Waals surface area contributed by atoms with E-state index in [1.165, 1.54) is 0 Å². The number of ether oxygens (including phenoxy) is 1. The molecule has 0 aliphatic heterocycles. The van der Waals surface area contributed by atoms with E-state index < -0.39 is 0 Å². The van der Waals surface area contributed by atoms with Crippen molar-refractivity contribution in [2.45, 2.75) is 33.2 Å². The average Bonchev–Trinajstić information content (AvgIpc) is 2.71. The Morgan fingerprint density at radius 3 is 2.68 bits per heavy atom. The number of carbonyl (C=O) groups is 1. The van der Waals surface area contributed by atoms with Crippen LogP contribution in [0, 0.1) is 6.92 Å². The van der Waals surface area contributed by atoms with Gasteiger partial charge >= 0.3 is 0 Å². The Hall–Kier alpha value is -3.08. The van der Waals surface area contributed by atoms with Crippen LogP contribution < -0.4 is 10.3 Å². The van der Waals surface area contributed by atoms with Gasteiger partial charge in [0.25, 0.3) is 11.5 Å². The quantitative estimate of drug-likeness (QED) is 0.667.